The Morgan fingerprint density at radius 3 is 3.06 bits per heavy atom. The predicted octanol–water partition coefficient (Wildman–Crippen LogP) is 1.59. The smallest absolute Gasteiger partial charge is 0.271 e. The average molecular weight is 221 g/mol. The van der Waals surface area contributed by atoms with Gasteiger partial charge in [-0.1, -0.05) is 0 Å². The van der Waals surface area contributed by atoms with Crippen molar-refractivity contribution in [1.82, 2.24) is 9.55 Å². The number of non-ortho nitro benzene ring substituents is 1. The van der Waals surface area contributed by atoms with Gasteiger partial charge in [0.15, 0.2) is 0 Å². The number of hydrogen-bond acceptors (Lipinski definition) is 4. The van der Waals surface area contributed by atoms with Gasteiger partial charge in [-0.15, -0.1) is 0 Å². The van der Waals surface area contributed by atoms with Crippen molar-refractivity contribution in [2.24, 2.45) is 0 Å². The minimum Gasteiger partial charge on any atom is -0.383 e. The highest BCUT2D eigenvalue weighted by atomic mass is 16.6. The van der Waals surface area contributed by atoms with E-state index >= 15 is 0 Å². The van der Waals surface area contributed by atoms with Crippen LogP contribution in [0.3, 0.4) is 0 Å². The van der Waals surface area contributed by atoms with E-state index in [4.69, 9.17) is 4.74 Å². The topological polar surface area (TPSA) is 70.2 Å². The number of rotatable bonds is 4. The standard InChI is InChI=1S/C10H11N3O3/c1-16-5-4-12-7-11-9-6-8(13(14)15)2-3-10(9)12/h2-3,6-7H,4-5H2,1H3. The SMILES string of the molecule is COCCn1cnc2cc([N+](=O)[O-])ccc21. The van der Waals surface area contributed by atoms with Gasteiger partial charge in [0.05, 0.1) is 28.9 Å². The first-order valence-corrected chi connectivity index (χ1v) is 4.80. The molecule has 0 aliphatic carbocycles. The van der Waals surface area contributed by atoms with Gasteiger partial charge in [0.2, 0.25) is 0 Å². The summed E-state index contributed by atoms with van der Waals surface area (Å²) in [5.41, 5.74) is 1.57. The van der Waals surface area contributed by atoms with Crippen LogP contribution in [0.25, 0.3) is 11.0 Å². The van der Waals surface area contributed by atoms with Crippen LogP contribution in [0.15, 0.2) is 24.5 Å². The van der Waals surface area contributed by atoms with Crippen molar-refractivity contribution in [3.63, 3.8) is 0 Å². The van der Waals surface area contributed by atoms with Crippen molar-refractivity contribution in [2.45, 2.75) is 6.54 Å². The van der Waals surface area contributed by atoms with Crippen LogP contribution < -0.4 is 0 Å². The van der Waals surface area contributed by atoms with Crippen LogP contribution in [0.4, 0.5) is 5.69 Å². The number of fused-ring (bicyclic) bond motifs is 1. The zero-order chi connectivity index (χ0) is 11.5. The molecule has 0 N–H and O–H groups in total. The molecule has 0 aliphatic rings. The summed E-state index contributed by atoms with van der Waals surface area (Å²) in [6, 6.07) is 4.65. The molecule has 1 aromatic carbocycles. The minimum atomic E-state index is -0.423. The molecule has 0 saturated heterocycles. The van der Waals surface area contributed by atoms with Crippen molar-refractivity contribution in [3.8, 4) is 0 Å². The highest BCUT2D eigenvalue weighted by Gasteiger charge is 2.09. The van der Waals surface area contributed by atoms with E-state index in [0.717, 1.165) is 5.52 Å². The molecular weight excluding hydrogens is 210 g/mol. The van der Waals surface area contributed by atoms with Gasteiger partial charge < -0.3 is 9.30 Å². The zero-order valence-electron chi connectivity index (χ0n) is 8.79. The molecule has 0 spiro atoms. The zero-order valence-corrected chi connectivity index (χ0v) is 8.79. The first-order chi connectivity index (χ1) is 7.72. The van der Waals surface area contributed by atoms with Crippen molar-refractivity contribution in [2.75, 3.05) is 13.7 Å². The number of nitro benzene ring substituents is 1. The lowest BCUT2D eigenvalue weighted by atomic mass is 10.3. The molecule has 16 heavy (non-hydrogen) atoms. The Hall–Kier alpha value is -1.95. The first kappa shape index (κ1) is 10.6. The Balaban J connectivity index is 2.38. The summed E-state index contributed by atoms with van der Waals surface area (Å²) >= 11 is 0. The van der Waals surface area contributed by atoms with Gasteiger partial charge in [0.25, 0.3) is 5.69 Å². The second-order valence-corrected chi connectivity index (χ2v) is 3.36. The number of benzene rings is 1. The van der Waals surface area contributed by atoms with Gasteiger partial charge >= 0.3 is 0 Å². The third-order valence-corrected chi connectivity index (χ3v) is 2.35. The third-order valence-electron chi connectivity index (χ3n) is 2.35. The quantitative estimate of drug-likeness (QED) is 0.580. The lowest BCUT2D eigenvalue weighted by Gasteiger charge is -2.02. The third kappa shape index (κ3) is 1.87. The summed E-state index contributed by atoms with van der Waals surface area (Å²) in [5, 5.41) is 10.6. The maximum Gasteiger partial charge on any atom is 0.271 e. The molecule has 6 heteroatoms. The largest absolute Gasteiger partial charge is 0.383 e. The molecule has 84 valence electrons. The Morgan fingerprint density at radius 1 is 1.56 bits per heavy atom. The van der Waals surface area contributed by atoms with Crippen molar-refractivity contribution in [1.29, 1.82) is 0 Å². The Bertz CT molecular complexity index is 521. The van der Waals surface area contributed by atoms with Crippen LogP contribution in [0.1, 0.15) is 0 Å². The summed E-state index contributed by atoms with van der Waals surface area (Å²) in [6.45, 7) is 1.27. The molecule has 0 fully saturated rings. The molecule has 0 saturated carbocycles. The van der Waals surface area contributed by atoms with E-state index in [9.17, 15) is 10.1 Å². The minimum absolute atomic E-state index is 0.0597. The number of hydrogen-bond donors (Lipinski definition) is 0. The molecule has 0 atom stereocenters. The van der Waals surface area contributed by atoms with E-state index in [1.165, 1.54) is 12.1 Å². The van der Waals surface area contributed by atoms with E-state index in [-0.39, 0.29) is 5.69 Å². The summed E-state index contributed by atoms with van der Waals surface area (Å²) in [7, 11) is 1.63. The number of nitrogens with zero attached hydrogens (tertiary/aromatic N) is 3. The fourth-order valence-electron chi connectivity index (χ4n) is 1.53. The van der Waals surface area contributed by atoms with Crippen LogP contribution in [-0.2, 0) is 11.3 Å². The summed E-state index contributed by atoms with van der Waals surface area (Å²) in [6.07, 6.45) is 1.66. The molecule has 6 nitrogen and oxygen atoms in total. The van der Waals surface area contributed by atoms with Crippen molar-refractivity contribution >= 4 is 16.7 Å². The molecule has 1 aromatic heterocycles. The number of imidazole rings is 1. The van der Waals surface area contributed by atoms with Crippen LogP contribution in [0, 0.1) is 10.1 Å². The maximum atomic E-state index is 10.6. The average Bonchev–Trinajstić information content (AvgIpc) is 2.68. The highest BCUT2D eigenvalue weighted by Crippen LogP contribution is 2.19. The van der Waals surface area contributed by atoms with Gasteiger partial charge in [-0.2, -0.15) is 0 Å². The molecule has 2 rings (SSSR count). The molecule has 0 unspecified atom stereocenters. The molecule has 0 amide bonds. The summed E-state index contributed by atoms with van der Waals surface area (Å²) in [5.74, 6) is 0. The molecule has 2 aromatic rings. The lowest BCUT2D eigenvalue weighted by molar-refractivity contribution is -0.384. The second-order valence-electron chi connectivity index (χ2n) is 3.36. The van der Waals surface area contributed by atoms with E-state index < -0.39 is 4.92 Å². The summed E-state index contributed by atoms with van der Waals surface area (Å²) in [4.78, 5) is 14.3. The number of methoxy groups -OCH3 is 1. The van der Waals surface area contributed by atoms with Gasteiger partial charge in [-0.25, -0.2) is 4.98 Å². The van der Waals surface area contributed by atoms with Crippen LogP contribution in [0.2, 0.25) is 0 Å². The molecule has 0 bridgehead atoms. The predicted molar refractivity (Wildman–Crippen MR) is 58.3 cm³/mol. The van der Waals surface area contributed by atoms with Crippen molar-refractivity contribution < 1.29 is 9.66 Å². The maximum absolute atomic E-state index is 10.6. The van der Waals surface area contributed by atoms with Gasteiger partial charge in [-0.05, 0) is 6.07 Å². The fourth-order valence-corrected chi connectivity index (χ4v) is 1.53. The Kier molecular flexibility index (Phi) is 2.82. The normalized spacial score (nSPS) is 10.8. The van der Waals surface area contributed by atoms with E-state index in [1.54, 1.807) is 19.5 Å². The Morgan fingerprint density at radius 2 is 2.38 bits per heavy atom. The molecule has 0 radical (unpaired) electrons. The van der Waals surface area contributed by atoms with Crippen LogP contribution in [-0.4, -0.2) is 28.2 Å². The fraction of sp³-hybridized carbons (Fsp3) is 0.300. The van der Waals surface area contributed by atoms with Gasteiger partial charge in [0, 0.05) is 25.8 Å². The lowest BCUT2D eigenvalue weighted by Crippen LogP contribution is -2.02. The monoisotopic (exact) mass is 221 g/mol. The number of nitro groups is 1. The number of ether oxygens (including phenoxy) is 1. The molecular formula is C10H11N3O3. The Labute approximate surface area is 91.6 Å². The second kappa shape index (κ2) is 4.28. The first-order valence-electron chi connectivity index (χ1n) is 4.80. The molecule has 1 heterocycles. The van der Waals surface area contributed by atoms with Crippen molar-refractivity contribution in [3.05, 3.63) is 34.6 Å². The van der Waals surface area contributed by atoms with E-state index in [2.05, 4.69) is 4.98 Å². The van der Waals surface area contributed by atoms with Crippen LogP contribution >= 0.6 is 0 Å². The number of aromatic nitrogens is 2. The summed E-state index contributed by atoms with van der Waals surface area (Å²) < 4.78 is 6.87. The molecule has 0 aliphatic heterocycles. The highest BCUT2D eigenvalue weighted by molar-refractivity contribution is 5.77. The van der Waals surface area contributed by atoms with E-state index in [0.29, 0.717) is 18.7 Å². The van der Waals surface area contributed by atoms with Crippen LogP contribution in [0.5, 0.6) is 0 Å². The van der Waals surface area contributed by atoms with Gasteiger partial charge in [0.1, 0.15) is 0 Å². The van der Waals surface area contributed by atoms with E-state index in [1.807, 2.05) is 4.57 Å². The van der Waals surface area contributed by atoms with Gasteiger partial charge in [-0.3, -0.25) is 10.1 Å².